The Bertz CT molecular complexity index is 1410. The van der Waals surface area contributed by atoms with E-state index < -0.39 is 6.10 Å². The van der Waals surface area contributed by atoms with Gasteiger partial charge in [-0.1, -0.05) is 211 Å². The van der Waals surface area contributed by atoms with Crippen molar-refractivity contribution in [2.24, 2.45) is 0 Å². The van der Waals surface area contributed by atoms with E-state index in [-0.39, 0.29) is 25.2 Å². The molecule has 0 aliphatic rings. The van der Waals surface area contributed by atoms with Crippen LogP contribution in [0.1, 0.15) is 194 Å². The number of rotatable bonds is 44. The normalized spacial score (nSPS) is 13.5. The van der Waals surface area contributed by atoms with Crippen LogP contribution in [0.2, 0.25) is 0 Å². The zero-order chi connectivity index (χ0) is 46.3. The number of ether oxygens (including phenoxy) is 2. The minimum atomic E-state index is -0.798. The van der Waals surface area contributed by atoms with Gasteiger partial charge in [0.1, 0.15) is 6.61 Å². The molecule has 0 aromatic rings. The highest BCUT2D eigenvalue weighted by Gasteiger charge is 2.16. The number of unbranched alkanes of at least 4 members (excludes halogenated alkanes) is 12. The van der Waals surface area contributed by atoms with Gasteiger partial charge >= 0.3 is 11.9 Å². The summed E-state index contributed by atoms with van der Waals surface area (Å²) in [6.07, 6.45) is 80.7. The third-order valence-corrected chi connectivity index (χ3v) is 10.1. The topological polar surface area (TPSA) is 72.8 Å². The molecule has 0 rings (SSSR count). The van der Waals surface area contributed by atoms with Crippen LogP contribution in [0, 0.1) is 0 Å². The molecule has 358 valence electrons. The number of aliphatic hydroxyl groups is 1. The zero-order valence-corrected chi connectivity index (χ0v) is 40.7. The molecular weight excluding hydrogens is 789 g/mol. The van der Waals surface area contributed by atoms with Crippen LogP contribution < -0.4 is 0 Å². The maximum Gasteiger partial charge on any atom is 0.306 e. The highest BCUT2D eigenvalue weighted by molar-refractivity contribution is 5.70. The van der Waals surface area contributed by atoms with E-state index in [1.165, 1.54) is 32.1 Å². The SMILES string of the molecule is CC/C=C\C/C=C\C/C=C\C/C=C\C/C=C\C/C=C\C/C=C\C/C=C\CCCCCCCCC(=O)OC(CO)COC(=O)CCCCCCCC/C=C\C/C=C\C/C=C\C/C=C\CC. The van der Waals surface area contributed by atoms with E-state index in [9.17, 15) is 14.7 Å². The molecule has 0 heterocycles. The first-order chi connectivity index (χ1) is 31.6. The predicted molar refractivity (Wildman–Crippen MR) is 278 cm³/mol. The molecule has 0 aliphatic heterocycles. The van der Waals surface area contributed by atoms with Gasteiger partial charge < -0.3 is 14.6 Å². The Morgan fingerprint density at radius 1 is 0.359 bits per heavy atom. The molecule has 64 heavy (non-hydrogen) atoms. The number of carbonyl (C=O) groups is 2. The molecule has 0 radical (unpaired) electrons. The maximum absolute atomic E-state index is 12.3. The van der Waals surface area contributed by atoms with Crippen molar-refractivity contribution in [3.8, 4) is 0 Å². The summed E-state index contributed by atoms with van der Waals surface area (Å²) in [5, 5.41) is 9.62. The van der Waals surface area contributed by atoms with Crippen LogP contribution in [0.3, 0.4) is 0 Å². The summed E-state index contributed by atoms with van der Waals surface area (Å²) in [6, 6.07) is 0. The summed E-state index contributed by atoms with van der Waals surface area (Å²) in [7, 11) is 0. The number of esters is 2. The standard InChI is InChI=1S/C59H92O5/c1-3-5-7-9-11-13-15-17-19-21-23-24-25-26-27-28-29-30-31-32-33-34-36-38-40-42-44-46-48-50-52-54-59(62)64-57(55-60)56-63-58(61)53-51-49-47-45-43-41-39-37-35-22-20-18-16-14-12-10-8-6-4-2/h5-8,11-14,17-20,23-24,26-27,29-30,32-33,35-38,57,60H,3-4,9-10,15-16,21-22,25,28,31,34,39-56H2,1-2H3/b7-5-,8-6-,13-11-,14-12-,19-17-,20-18-,24-23-,27-26-,30-29-,33-32-,37-35-,38-36-. The van der Waals surface area contributed by atoms with E-state index in [0.29, 0.717) is 12.8 Å². The molecule has 5 heteroatoms. The largest absolute Gasteiger partial charge is 0.462 e. The van der Waals surface area contributed by atoms with Gasteiger partial charge in [-0.05, 0) is 116 Å². The molecule has 0 saturated heterocycles. The molecular formula is C59H92O5. The van der Waals surface area contributed by atoms with Crippen LogP contribution in [-0.2, 0) is 19.1 Å². The number of hydrogen-bond acceptors (Lipinski definition) is 5. The average molecular weight is 881 g/mol. The third kappa shape index (κ3) is 50.4. The van der Waals surface area contributed by atoms with Gasteiger partial charge in [0.05, 0.1) is 6.61 Å². The second-order valence-electron chi connectivity index (χ2n) is 16.1. The van der Waals surface area contributed by atoms with Crippen molar-refractivity contribution in [2.75, 3.05) is 13.2 Å². The Balaban J connectivity index is 3.66. The molecule has 0 aromatic heterocycles. The summed E-state index contributed by atoms with van der Waals surface area (Å²) in [4.78, 5) is 24.4. The fraction of sp³-hybridized carbons (Fsp3) is 0.559. The van der Waals surface area contributed by atoms with Gasteiger partial charge in [-0.2, -0.15) is 0 Å². The van der Waals surface area contributed by atoms with E-state index >= 15 is 0 Å². The van der Waals surface area contributed by atoms with E-state index in [1.807, 2.05) is 0 Å². The first kappa shape index (κ1) is 59.8. The van der Waals surface area contributed by atoms with Crippen LogP contribution >= 0.6 is 0 Å². The quantitative estimate of drug-likeness (QED) is 0.0375. The minimum absolute atomic E-state index is 0.0899. The molecule has 1 N–H and O–H groups in total. The Hall–Kier alpha value is -4.22. The van der Waals surface area contributed by atoms with Gasteiger partial charge in [-0.15, -0.1) is 0 Å². The van der Waals surface area contributed by atoms with Crippen LogP contribution in [0.15, 0.2) is 146 Å². The van der Waals surface area contributed by atoms with Gasteiger partial charge in [0.2, 0.25) is 0 Å². The number of hydrogen-bond donors (Lipinski definition) is 1. The van der Waals surface area contributed by atoms with Crippen molar-refractivity contribution in [3.63, 3.8) is 0 Å². The summed E-state index contributed by atoms with van der Waals surface area (Å²) >= 11 is 0. The first-order valence-corrected chi connectivity index (χ1v) is 25.4. The third-order valence-electron chi connectivity index (χ3n) is 10.1. The van der Waals surface area contributed by atoms with Gasteiger partial charge in [-0.25, -0.2) is 0 Å². The molecule has 0 spiro atoms. The van der Waals surface area contributed by atoms with Crippen molar-refractivity contribution in [1.82, 2.24) is 0 Å². The van der Waals surface area contributed by atoms with Crippen LogP contribution in [0.25, 0.3) is 0 Å². The minimum Gasteiger partial charge on any atom is -0.462 e. The Morgan fingerprint density at radius 3 is 0.938 bits per heavy atom. The fourth-order valence-electron chi connectivity index (χ4n) is 6.38. The summed E-state index contributed by atoms with van der Waals surface area (Å²) in [5.74, 6) is -0.637. The predicted octanol–water partition coefficient (Wildman–Crippen LogP) is 17.1. The molecule has 1 unspecified atom stereocenters. The van der Waals surface area contributed by atoms with Gasteiger partial charge in [0, 0.05) is 12.8 Å². The van der Waals surface area contributed by atoms with Crippen molar-refractivity contribution >= 4 is 11.9 Å². The van der Waals surface area contributed by atoms with E-state index in [1.54, 1.807) is 0 Å². The Kier molecular flexibility index (Phi) is 49.6. The van der Waals surface area contributed by atoms with Crippen molar-refractivity contribution in [2.45, 2.75) is 200 Å². The second kappa shape index (κ2) is 53.1. The lowest BCUT2D eigenvalue weighted by molar-refractivity contribution is -0.161. The molecule has 0 aliphatic carbocycles. The smallest absolute Gasteiger partial charge is 0.306 e. The molecule has 5 nitrogen and oxygen atoms in total. The molecule has 0 saturated carbocycles. The number of allylic oxidation sites excluding steroid dienone is 24. The van der Waals surface area contributed by atoms with Crippen LogP contribution in [-0.4, -0.2) is 36.4 Å². The van der Waals surface area contributed by atoms with Crippen molar-refractivity contribution in [1.29, 1.82) is 0 Å². The molecule has 0 bridgehead atoms. The van der Waals surface area contributed by atoms with Gasteiger partial charge in [-0.3, -0.25) is 9.59 Å². The zero-order valence-electron chi connectivity index (χ0n) is 40.7. The van der Waals surface area contributed by atoms with Crippen LogP contribution in [0.4, 0.5) is 0 Å². The molecule has 0 amide bonds. The highest BCUT2D eigenvalue weighted by atomic mass is 16.6. The Labute approximate surface area is 393 Å². The lowest BCUT2D eigenvalue weighted by Crippen LogP contribution is -2.28. The average Bonchev–Trinajstić information content (AvgIpc) is 3.30. The van der Waals surface area contributed by atoms with Gasteiger partial charge in [0.15, 0.2) is 6.10 Å². The number of carbonyl (C=O) groups excluding carboxylic acids is 2. The van der Waals surface area contributed by atoms with Crippen molar-refractivity contribution in [3.05, 3.63) is 146 Å². The van der Waals surface area contributed by atoms with E-state index in [0.717, 1.165) is 135 Å². The lowest BCUT2D eigenvalue weighted by Gasteiger charge is -2.15. The maximum atomic E-state index is 12.3. The molecule has 1 atom stereocenters. The molecule has 0 aromatic carbocycles. The van der Waals surface area contributed by atoms with E-state index in [4.69, 9.17) is 9.47 Å². The second-order valence-corrected chi connectivity index (χ2v) is 16.1. The fourth-order valence-corrected chi connectivity index (χ4v) is 6.38. The Morgan fingerprint density at radius 2 is 0.625 bits per heavy atom. The van der Waals surface area contributed by atoms with Gasteiger partial charge in [0.25, 0.3) is 0 Å². The summed E-state index contributed by atoms with van der Waals surface area (Å²) < 4.78 is 10.7. The highest BCUT2D eigenvalue weighted by Crippen LogP contribution is 2.12. The van der Waals surface area contributed by atoms with Crippen molar-refractivity contribution < 1.29 is 24.2 Å². The summed E-state index contributed by atoms with van der Waals surface area (Å²) in [6.45, 7) is 3.87. The monoisotopic (exact) mass is 881 g/mol. The number of aliphatic hydroxyl groups excluding tert-OH is 1. The van der Waals surface area contributed by atoms with E-state index in [2.05, 4.69) is 160 Å². The first-order valence-electron chi connectivity index (χ1n) is 25.4. The molecule has 0 fully saturated rings. The summed E-state index contributed by atoms with van der Waals surface area (Å²) in [5.41, 5.74) is 0. The lowest BCUT2D eigenvalue weighted by atomic mass is 10.1. The van der Waals surface area contributed by atoms with Crippen LogP contribution in [0.5, 0.6) is 0 Å².